The first-order valence-corrected chi connectivity index (χ1v) is 11.9. The summed E-state index contributed by atoms with van der Waals surface area (Å²) in [5.41, 5.74) is -2.55. The molecular weight excluding hydrogens is 520 g/mol. The van der Waals surface area contributed by atoms with Crippen LogP contribution >= 0.6 is 8.60 Å². The second-order valence-corrected chi connectivity index (χ2v) is 8.84. The summed E-state index contributed by atoms with van der Waals surface area (Å²) < 4.78 is 76.1. The lowest BCUT2D eigenvalue weighted by Crippen LogP contribution is -2.38. The minimum absolute atomic E-state index is 0.307. The van der Waals surface area contributed by atoms with Crippen LogP contribution < -0.4 is 29.8 Å². The van der Waals surface area contributed by atoms with Gasteiger partial charge in [0.05, 0.1) is 33.1 Å². The maximum atomic E-state index is 14.7. The van der Waals surface area contributed by atoms with Crippen molar-refractivity contribution in [2.75, 3.05) is 20.8 Å². The van der Waals surface area contributed by atoms with Gasteiger partial charge in [0.15, 0.2) is 0 Å². The van der Waals surface area contributed by atoms with E-state index in [0.717, 1.165) is 0 Å². The first-order valence-electron chi connectivity index (χ1n) is 10.8. The topological polar surface area (TPSA) is 110 Å². The molecule has 0 radical (unpaired) electrons. The average Bonchev–Trinajstić information content (AvgIpc) is 3.19. The molecule has 14 heteroatoms. The number of hydrogen-bond donors (Lipinski definition) is 1. The number of hydrogen-bond acceptors (Lipinski definition) is 8. The maximum Gasteiger partial charge on any atom is 0.463 e. The van der Waals surface area contributed by atoms with E-state index in [-0.39, 0.29) is 0 Å². The molecule has 2 aromatic carbocycles. The predicted molar refractivity (Wildman–Crippen MR) is 125 cm³/mol. The van der Waals surface area contributed by atoms with Gasteiger partial charge in [-0.3, -0.25) is 18.9 Å². The third-order valence-electron chi connectivity index (χ3n) is 5.20. The minimum Gasteiger partial charge on any atom is -0.497 e. The van der Waals surface area contributed by atoms with Gasteiger partial charge in [-0.2, -0.15) is 4.39 Å². The van der Waals surface area contributed by atoms with Gasteiger partial charge in [0.25, 0.3) is 11.5 Å². The van der Waals surface area contributed by atoms with Crippen LogP contribution in [0.5, 0.6) is 23.0 Å². The summed E-state index contributed by atoms with van der Waals surface area (Å²) >= 11 is 0. The van der Waals surface area contributed by atoms with Crippen LogP contribution in [-0.4, -0.2) is 42.4 Å². The number of H-pyrrole nitrogens is 1. The van der Waals surface area contributed by atoms with Gasteiger partial charge in [0, 0.05) is 6.42 Å². The number of rotatable bonds is 10. The van der Waals surface area contributed by atoms with E-state index < -0.39 is 57.0 Å². The van der Waals surface area contributed by atoms with E-state index in [0.29, 0.717) is 33.8 Å². The second-order valence-electron chi connectivity index (χ2n) is 7.77. The molecule has 1 aromatic heterocycles. The van der Waals surface area contributed by atoms with Crippen molar-refractivity contribution in [2.45, 2.75) is 24.7 Å². The molecule has 2 heterocycles. The molecule has 198 valence electrons. The molecule has 0 saturated carbocycles. The van der Waals surface area contributed by atoms with Crippen molar-refractivity contribution in [3.8, 4) is 23.0 Å². The number of halogens is 3. The van der Waals surface area contributed by atoms with Gasteiger partial charge in [-0.15, -0.1) is 0 Å². The Kier molecular flexibility index (Phi) is 8.06. The zero-order chi connectivity index (χ0) is 26.6. The van der Waals surface area contributed by atoms with Crippen LogP contribution in [0.25, 0.3) is 0 Å². The number of methoxy groups -OCH3 is 2. The van der Waals surface area contributed by atoms with Crippen molar-refractivity contribution in [3.63, 3.8) is 0 Å². The summed E-state index contributed by atoms with van der Waals surface area (Å²) in [6.45, 7) is -0.398. The largest absolute Gasteiger partial charge is 0.497 e. The fourth-order valence-corrected chi connectivity index (χ4v) is 4.42. The van der Waals surface area contributed by atoms with Crippen molar-refractivity contribution in [3.05, 3.63) is 81.4 Å². The summed E-state index contributed by atoms with van der Waals surface area (Å²) in [5, 5.41) is 0. The third-order valence-corrected chi connectivity index (χ3v) is 6.28. The Balaban J connectivity index is 1.48. The van der Waals surface area contributed by atoms with Gasteiger partial charge in [-0.1, -0.05) is 0 Å². The lowest BCUT2D eigenvalue weighted by Gasteiger charge is -2.20. The number of nitrogens with zero attached hydrogens (tertiary/aromatic N) is 1. The van der Waals surface area contributed by atoms with Crippen LogP contribution in [0, 0.1) is 5.82 Å². The molecule has 1 saturated heterocycles. The van der Waals surface area contributed by atoms with Crippen LogP contribution in [0.15, 0.2) is 64.3 Å². The molecule has 2 unspecified atom stereocenters. The highest BCUT2D eigenvalue weighted by Crippen LogP contribution is 2.46. The van der Waals surface area contributed by atoms with Gasteiger partial charge in [-0.05, 0) is 48.5 Å². The Labute approximate surface area is 209 Å². The highest BCUT2D eigenvalue weighted by Gasteiger charge is 2.52. The van der Waals surface area contributed by atoms with Crippen LogP contribution in [0.4, 0.5) is 13.2 Å². The van der Waals surface area contributed by atoms with Crippen LogP contribution in [0.3, 0.4) is 0 Å². The molecule has 37 heavy (non-hydrogen) atoms. The third kappa shape index (κ3) is 6.43. The number of alkyl halides is 2. The average molecular weight is 542 g/mol. The van der Waals surface area contributed by atoms with E-state index in [2.05, 4.69) is 0 Å². The smallest absolute Gasteiger partial charge is 0.463 e. The SMILES string of the molecule is COc1ccc(OP(OCC2CC(F)(F)C(n3cc(F)c(=O)[nH]c3=O)O2)Oc2ccc(OC)cc2)cc1. The Morgan fingerprint density at radius 3 is 2.00 bits per heavy atom. The fraction of sp³-hybridized carbons (Fsp3) is 0.304. The molecule has 1 fully saturated rings. The molecule has 1 aliphatic rings. The minimum atomic E-state index is -3.56. The highest BCUT2D eigenvalue weighted by molar-refractivity contribution is 7.42. The molecule has 3 aromatic rings. The summed E-state index contributed by atoms with van der Waals surface area (Å²) in [4.78, 5) is 24.9. The number of aromatic nitrogens is 2. The Morgan fingerprint density at radius 2 is 1.49 bits per heavy atom. The fourth-order valence-electron chi connectivity index (χ4n) is 3.40. The van der Waals surface area contributed by atoms with Crippen molar-refractivity contribution < 1.29 is 41.0 Å². The Morgan fingerprint density at radius 1 is 0.973 bits per heavy atom. The molecule has 0 amide bonds. The van der Waals surface area contributed by atoms with E-state index in [1.165, 1.54) is 14.2 Å². The van der Waals surface area contributed by atoms with E-state index in [9.17, 15) is 22.8 Å². The lowest BCUT2D eigenvalue weighted by atomic mass is 10.2. The van der Waals surface area contributed by atoms with Gasteiger partial charge in [-0.25, -0.2) is 13.6 Å². The quantitative estimate of drug-likeness (QED) is 0.383. The van der Waals surface area contributed by atoms with E-state index in [1.807, 2.05) is 0 Å². The standard InChI is InChI=1S/C23H22F3N2O8P/c1-31-14-3-7-16(8-4-14)35-37(36-17-9-5-15(32-2)6-10-17)33-13-18-11-23(25,26)21(34-18)28-12-19(24)20(29)27-22(28)30/h3-10,12,18,21H,11,13H2,1-2H3,(H,27,29,30). The molecule has 0 aliphatic carbocycles. The molecule has 10 nitrogen and oxygen atoms in total. The number of benzene rings is 2. The highest BCUT2D eigenvalue weighted by atomic mass is 31.2. The maximum absolute atomic E-state index is 14.7. The molecule has 0 spiro atoms. The predicted octanol–water partition coefficient (Wildman–Crippen LogP) is 4.02. The Hall–Kier alpha value is -3.54. The van der Waals surface area contributed by atoms with Crippen molar-refractivity contribution in [1.29, 1.82) is 0 Å². The molecular formula is C23H22F3N2O8P. The van der Waals surface area contributed by atoms with Crippen molar-refractivity contribution in [1.82, 2.24) is 9.55 Å². The van der Waals surface area contributed by atoms with Crippen LogP contribution in [0.1, 0.15) is 12.6 Å². The normalized spacial score (nSPS) is 18.5. The number of aromatic amines is 1. The van der Waals surface area contributed by atoms with Crippen molar-refractivity contribution >= 4 is 8.60 Å². The molecule has 2 atom stereocenters. The number of nitrogens with one attached hydrogen (secondary N) is 1. The zero-order valence-corrected chi connectivity index (χ0v) is 20.5. The van der Waals surface area contributed by atoms with E-state index in [4.69, 9.17) is 27.8 Å². The van der Waals surface area contributed by atoms with Gasteiger partial charge < -0.3 is 23.3 Å². The first-order chi connectivity index (χ1) is 17.7. The van der Waals surface area contributed by atoms with E-state index in [1.54, 1.807) is 53.5 Å². The molecule has 1 N–H and O–H groups in total. The zero-order valence-electron chi connectivity index (χ0n) is 19.6. The first kappa shape index (κ1) is 26.5. The van der Waals surface area contributed by atoms with Crippen molar-refractivity contribution in [2.24, 2.45) is 0 Å². The van der Waals surface area contributed by atoms with E-state index >= 15 is 0 Å². The number of ether oxygens (including phenoxy) is 3. The molecule has 1 aliphatic heterocycles. The summed E-state index contributed by atoms with van der Waals surface area (Å²) in [7, 11) is 0.871. The monoisotopic (exact) mass is 542 g/mol. The molecule has 0 bridgehead atoms. The molecule has 4 rings (SSSR count). The van der Waals surface area contributed by atoms with Gasteiger partial charge >= 0.3 is 14.3 Å². The summed E-state index contributed by atoms with van der Waals surface area (Å²) in [6, 6.07) is 13.1. The van der Waals surface area contributed by atoms with Crippen LogP contribution in [-0.2, 0) is 9.26 Å². The summed E-state index contributed by atoms with van der Waals surface area (Å²) in [6.07, 6.45) is -3.80. The van der Waals surface area contributed by atoms with Crippen LogP contribution in [0.2, 0.25) is 0 Å². The summed E-state index contributed by atoms with van der Waals surface area (Å²) in [5.74, 6) is -3.04. The van der Waals surface area contributed by atoms with Gasteiger partial charge in [0.2, 0.25) is 12.0 Å². The Bertz CT molecular complexity index is 1270. The second kappa shape index (κ2) is 11.2. The van der Waals surface area contributed by atoms with Gasteiger partial charge in [0.1, 0.15) is 23.0 Å². The lowest BCUT2D eigenvalue weighted by molar-refractivity contribution is -0.120.